The Bertz CT molecular complexity index is 484. The van der Waals surface area contributed by atoms with E-state index >= 15 is 0 Å². The van der Waals surface area contributed by atoms with Crippen LogP contribution in [0.25, 0.3) is 0 Å². The third-order valence-corrected chi connectivity index (χ3v) is 3.74. The largest absolute Gasteiger partial charge is 0.402 e. The van der Waals surface area contributed by atoms with E-state index in [-0.39, 0.29) is 29.4 Å². The first kappa shape index (κ1) is 24.2. The lowest BCUT2D eigenvalue weighted by atomic mass is 10.1. The van der Waals surface area contributed by atoms with Gasteiger partial charge < -0.3 is 37.9 Å². The molecule has 3 atom stereocenters. The Hall–Kier alpha value is -1.77. The van der Waals surface area contributed by atoms with E-state index in [1.165, 1.54) is 6.08 Å². The first-order valence-corrected chi connectivity index (χ1v) is 9.12. The zero-order valence-electron chi connectivity index (χ0n) is 17.1. The summed E-state index contributed by atoms with van der Waals surface area (Å²) in [5.74, 6) is 0.396. The lowest BCUT2D eigenvalue weighted by Gasteiger charge is -2.28. The van der Waals surface area contributed by atoms with Gasteiger partial charge in [-0.2, -0.15) is 0 Å². The number of nitrogens with one attached hydrogen (secondary N) is 3. The maximum absolute atomic E-state index is 12.3. The van der Waals surface area contributed by atoms with Crippen molar-refractivity contribution in [3.63, 3.8) is 0 Å². The first-order chi connectivity index (χ1) is 12.1. The fraction of sp³-hybridized carbons (Fsp3) is 0.722. The van der Waals surface area contributed by atoms with Crippen molar-refractivity contribution in [2.45, 2.75) is 59.4 Å². The second-order valence-corrected chi connectivity index (χ2v) is 6.95. The summed E-state index contributed by atoms with van der Waals surface area (Å²) in [5.41, 5.74) is 18.2. The Morgan fingerprint density at radius 2 is 1.81 bits per heavy atom. The van der Waals surface area contributed by atoms with Gasteiger partial charge in [-0.25, -0.2) is 0 Å². The molecule has 0 bridgehead atoms. The van der Waals surface area contributed by atoms with Gasteiger partial charge in [0, 0.05) is 25.4 Å². The molecule has 0 spiro atoms. The van der Waals surface area contributed by atoms with Crippen molar-refractivity contribution in [2.24, 2.45) is 23.1 Å². The summed E-state index contributed by atoms with van der Waals surface area (Å²) in [6, 6.07) is 0.177. The average molecular weight is 371 g/mol. The Morgan fingerprint density at radius 3 is 2.23 bits per heavy atom. The fourth-order valence-electron chi connectivity index (χ4n) is 2.40. The van der Waals surface area contributed by atoms with E-state index < -0.39 is 6.17 Å². The molecule has 0 saturated heterocycles. The molecule has 0 aliphatic heterocycles. The minimum Gasteiger partial charge on any atom is -0.402 e. The highest BCUT2D eigenvalue weighted by atomic mass is 16.5. The molecule has 0 rings (SSSR count). The minimum absolute atomic E-state index is 0.0991. The fourth-order valence-corrected chi connectivity index (χ4v) is 2.40. The molecule has 0 heterocycles. The van der Waals surface area contributed by atoms with Crippen LogP contribution in [0.3, 0.4) is 0 Å². The van der Waals surface area contributed by atoms with Crippen molar-refractivity contribution in [3.05, 3.63) is 23.2 Å². The molecule has 0 aliphatic rings. The van der Waals surface area contributed by atoms with Crippen LogP contribution in [0.1, 0.15) is 41.0 Å². The molecule has 0 aromatic rings. The van der Waals surface area contributed by atoms with E-state index in [4.69, 9.17) is 21.9 Å². The Kier molecular flexibility index (Phi) is 11.7. The lowest BCUT2D eigenvalue weighted by Crippen LogP contribution is -2.47. The van der Waals surface area contributed by atoms with Crippen LogP contribution in [0.2, 0.25) is 0 Å². The van der Waals surface area contributed by atoms with E-state index in [0.717, 1.165) is 13.0 Å². The molecule has 0 saturated carbocycles. The molecule has 0 aromatic carbocycles. The molecule has 8 nitrogen and oxygen atoms in total. The monoisotopic (exact) mass is 370 g/mol. The number of amides is 1. The predicted octanol–water partition coefficient (Wildman–Crippen LogP) is 0.0689. The zero-order valence-corrected chi connectivity index (χ0v) is 17.1. The SMILES string of the molecule is CC[C@@H](NCC(C)C)[C@H](CN/C(N)=C(/C=C(/C)N)C(=O)NC(C)N)OC. The van der Waals surface area contributed by atoms with Gasteiger partial charge in [0.05, 0.1) is 17.8 Å². The molecule has 1 amide bonds. The Labute approximate surface area is 158 Å². The van der Waals surface area contributed by atoms with Crippen LogP contribution in [0.5, 0.6) is 0 Å². The summed E-state index contributed by atoms with van der Waals surface area (Å²) in [6.45, 7) is 11.1. The number of carbonyl (C=O) groups excluding carboxylic acids is 1. The summed E-state index contributed by atoms with van der Waals surface area (Å²) in [5, 5.41) is 9.21. The van der Waals surface area contributed by atoms with Crippen molar-refractivity contribution in [2.75, 3.05) is 20.2 Å². The van der Waals surface area contributed by atoms with Crippen molar-refractivity contribution >= 4 is 5.91 Å². The van der Waals surface area contributed by atoms with Gasteiger partial charge in [0.25, 0.3) is 5.91 Å². The van der Waals surface area contributed by atoms with Gasteiger partial charge in [0.15, 0.2) is 0 Å². The third-order valence-electron chi connectivity index (χ3n) is 3.74. The molecule has 8 heteroatoms. The van der Waals surface area contributed by atoms with Gasteiger partial charge in [-0.05, 0) is 38.8 Å². The normalized spacial score (nSPS) is 16.7. The van der Waals surface area contributed by atoms with Crippen molar-refractivity contribution in [1.82, 2.24) is 16.0 Å². The lowest BCUT2D eigenvalue weighted by molar-refractivity contribution is -0.117. The number of ether oxygens (including phenoxy) is 1. The Morgan fingerprint density at radius 1 is 1.19 bits per heavy atom. The van der Waals surface area contributed by atoms with Crippen LogP contribution in [0.15, 0.2) is 23.2 Å². The molecule has 0 fully saturated rings. The topological polar surface area (TPSA) is 140 Å². The zero-order chi connectivity index (χ0) is 20.3. The van der Waals surface area contributed by atoms with Crippen LogP contribution >= 0.6 is 0 Å². The highest BCUT2D eigenvalue weighted by Crippen LogP contribution is 2.06. The standard InChI is InChI=1S/C18H38N6O2/c1-7-15(22-9-11(2)3)16(26-6)10-23-17(21)14(8-12(4)19)18(25)24-13(5)20/h8,11,13,15-16,22-23H,7,9-10,19-21H2,1-6H3,(H,24,25)/b12-8-,17-14-/t13?,15-,16+/m1/s1. The molecule has 26 heavy (non-hydrogen) atoms. The number of hydrogen-bond donors (Lipinski definition) is 6. The van der Waals surface area contributed by atoms with E-state index in [0.29, 0.717) is 18.2 Å². The second kappa shape index (κ2) is 12.6. The van der Waals surface area contributed by atoms with Gasteiger partial charge in [-0.15, -0.1) is 0 Å². The van der Waals surface area contributed by atoms with Crippen LogP contribution in [-0.4, -0.2) is 44.4 Å². The van der Waals surface area contributed by atoms with Crippen molar-refractivity contribution in [3.8, 4) is 0 Å². The second-order valence-electron chi connectivity index (χ2n) is 6.95. The summed E-state index contributed by atoms with van der Waals surface area (Å²) >= 11 is 0. The number of carbonyl (C=O) groups is 1. The first-order valence-electron chi connectivity index (χ1n) is 9.12. The average Bonchev–Trinajstić information content (AvgIpc) is 2.54. The smallest absolute Gasteiger partial charge is 0.256 e. The molecular formula is C18H38N6O2. The molecule has 152 valence electrons. The van der Waals surface area contributed by atoms with Crippen LogP contribution in [0, 0.1) is 5.92 Å². The van der Waals surface area contributed by atoms with Gasteiger partial charge in [0.2, 0.25) is 0 Å². The van der Waals surface area contributed by atoms with Crippen molar-refractivity contribution < 1.29 is 9.53 Å². The molecular weight excluding hydrogens is 332 g/mol. The molecule has 0 aliphatic carbocycles. The molecule has 9 N–H and O–H groups in total. The van der Waals surface area contributed by atoms with Gasteiger partial charge >= 0.3 is 0 Å². The van der Waals surface area contributed by atoms with Crippen LogP contribution in [-0.2, 0) is 9.53 Å². The van der Waals surface area contributed by atoms with E-state index in [9.17, 15) is 4.79 Å². The predicted molar refractivity (Wildman–Crippen MR) is 107 cm³/mol. The number of allylic oxidation sites excluding steroid dienone is 1. The summed E-state index contributed by atoms with van der Waals surface area (Å²) in [4.78, 5) is 12.3. The van der Waals surface area contributed by atoms with Crippen LogP contribution in [0.4, 0.5) is 0 Å². The maximum atomic E-state index is 12.3. The summed E-state index contributed by atoms with van der Waals surface area (Å²) in [7, 11) is 1.67. The number of hydrogen-bond acceptors (Lipinski definition) is 7. The highest BCUT2D eigenvalue weighted by Gasteiger charge is 2.20. The maximum Gasteiger partial charge on any atom is 0.256 e. The molecule has 0 radical (unpaired) electrons. The van der Waals surface area contributed by atoms with Crippen LogP contribution < -0.4 is 33.2 Å². The van der Waals surface area contributed by atoms with E-state index in [2.05, 4.69) is 36.7 Å². The summed E-state index contributed by atoms with van der Waals surface area (Å²) in [6.07, 6.45) is 1.85. The van der Waals surface area contributed by atoms with E-state index in [1.807, 2.05) is 0 Å². The van der Waals surface area contributed by atoms with Gasteiger partial charge in [-0.3, -0.25) is 4.79 Å². The number of nitrogens with two attached hydrogens (primary N) is 3. The number of rotatable bonds is 12. The van der Waals surface area contributed by atoms with Crippen molar-refractivity contribution in [1.29, 1.82) is 0 Å². The summed E-state index contributed by atoms with van der Waals surface area (Å²) < 4.78 is 5.61. The van der Waals surface area contributed by atoms with E-state index in [1.54, 1.807) is 21.0 Å². The molecule has 1 unspecified atom stereocenters. The van der Waals surface area contributed by atoms with Gasteiger partial charge in [-0.1, -0.05) is 20.8 Å². The molecule has 0 aromatic heterocycles. The third kappa shape index (κ3) is 9.65. The minimum atomic E-state index is -0.492. The quantitative estimate of drug-likeness (QED) is 0.162. The highest BCUT2D eigenvalue weighted by molar-refractivity contribution is 5.97. The van der Waals surface area contributed by atoms with Gasteiger partial charge in [0.1, 0.15) is 5.82 Å². The number of methoxy groups -OCH3 is 1. The Balaban J connectivity index is 5.17.